The van der Waals surface area contributed by atoms with E-state index in [1.165, 1.54) is 5.30 Å². The van der Waals surface area contributed by atoms with E-state index >= 15 is 0 Å². The van der Waals surface area contributed by atoms with E-state index in [-0.39, 0.29) is 103 Å². The third kappa shape index (κ3) is 7.29. The van der Waals surface area contributed by atoms with Crippen molar-refractivity contribution in [2.24, 2.45) is 0 Å². The van der Waals surface area contributed by atoms with E-state index in [2.05, 4.69) is 9.24 Å². The Morgan fingerprint density at radius 1 is 0.889 bits per heavy atom. The smallest absolute Gasteiger partial charge is 0 e. The van der Waals surface area contributed by atoms with Crippen LogP contribution >= 0.6 is 9.24 Å². The summed E-state index contributed by atoms with van der Waals surface area (Å²) in [5.74, 6) is 0. The zero-order valence-electron chi connectivity index (χ0n) is 5.96. The molecule has 9 heavy (non-hydrogen) atoms. The Morgan fingerprint density at radius 3 is 1.56 bits per heavy atom. The molecule has 0 amide bonds. The second-order valence-corrected chi connectivity index (χ2v) is 2.08. The molecule has 1 atom stereocenters. The second-order valence-electron chi connectivity index (χ2n) is 1.41. The van der Waals surface area contributed by atoms with Gasteiger partial charge in [0.15, 0.2) is 0 Å². The van der Waals surface area contributed by atoms with Crippen molar-refractivity contribution >= 4 is 117 Å². The molecule has 0 N–H and O–H groups in total. The van der Waals surface area contributed by atoms with Crippen molar-refractivity contribution in [3.63, 3.8) is 0 Å². The maximum absolute atomic E-state index is 2.63. The summed E-state index contributed by atoms with van der Waals surface area (Å²) in [5.41, 5.74) is 0. The minimum atomic E-state index is 0. The molecule has 1 rings (SSSR count). The molecule has 0 bridgehead atoms. The molecule has 0 aliphatic carbocycles. The van der Waals surface area contributed by atoms with Gasteiger partial charge < -0.3 is 0 Å². The van der Waals surface area contributed by atoms with Crippen LogP contribution in [0.3, 0.4) is 0 Å². The van der Waals surface area contributed by atoms with E-state index in [4.69, 9.17) is 0 Å². The number of hydrogen-bond donors (Lipinski definition) is 0. The van der Waals surface area contributed by atoms with Crippen molar-refractivity contribution in [2.75, 3.05) is 0 Å². The predicted octanol–water partition coefficient (Wildman–Crippen LogP) is 0.425. The van der Waals surface area contributed by atoms with Crippen molar-refractivity contribution in [1.82, 2.24) is 0 Å². The van der Waals surface area contributed by atoms with E-state index < -0.39 is 0 Å². The molecular weight excluding hydrogens is 181 g/mol. The first-order valence-corrected chi connectivity index (χ1v) is 2.78. The number of hydrogen-bond acceptors (Lipinski definition) is 0. The average Bonchev–Trinajstić information content (AvgIpc) is 1.69. The van der Waals surface area contributed by atoms with Crippen LogP contribution in [0.15, 0.2) is 30.3 Å². The first-order chi connectivity index (χ1) is 3.39. The van der Waals surface area contributed by atoms with Crippen LogP contribution in [0, 0.1) is 0 Å². The van der Waals surface area contributed by atoms with Crippen molar-refractivity contribution in [3.8, 4) is 0 Å². The summed E-state index contributed by atoms with van der Waals surface area (Å²) in [4.78, 5) is 0. The second kappa shape index (κ2) is 9.01. The van der Waals surface area contributed by atoms with Gasteiger partial charge >= 0.3 is 0 Å². The van der Waals surface area contributed by atoms with Crippen LogP contribution in [-0.4, -0.2) is 103 Å². The van der Waals surface area contributed by atoms with Gasteiger partial charge in [-0.25, -0.2) is 0 Å². The number of benzene rings is 1. The van der Waals surface area contributed by atoms with Gasteiger partial charge in [-0.05, 0) is 5.30 Å². The summed E-state index contributed by atoms with van der Waals surface area (Å²) >= 11 is 0. The van der Waals surface area contributed by atoms with E-state index in [0.29, 0.717) is 0 Å². The van der Waals surface area contributed by atoms with E-state index in [9.17, 15) is 0 Å². The summed E-state index contributed by atoms with van der Waals surface area (Å²) in [6.45, 7) is 0. The molecule has 0 heterocycles. The summed E-state index contributed by atoms with van der Waals surface area (Å²) in [7, 11) is 2.63. The molecule has 38 valence electrons. The Hall–Kier alpha value is 2.92. The molecule has 0 aliphatic rings. The Morgan fingerprint density at radius 2 is 1.33 bits per heavy atom. The molecule has 2 radical (unpaired) electrons. The van der Waals surface area contributed by atoms with Crippen LogP contribution in [0.2, 0.25) is 0 Å². The Bertz CT molecular complexity index is 141. The molecule has 3 heteroatoms. The molecule has 1 unspecified atom stereocenters. The van der Waals surface area contributed by atoms with Gasteiger partial charge in [0.2, 0.25) is 0 Å². The van der Waals surface area contributed by atoms with Gasteiger partial charge in [-0.3, -0.25) is 0 Å². The van der Waals surface area contributed by atoms with Crippen LogP contribution in [0.5, 0.6) is 0 Å². The van der Waals surface area contributed by atoms with Gasteiger partial charge in [-0.2, -0.15) is 0 Å². The Labute approximate surface area is 144 Å². The predicted molar refractivity (Wildman–Crippen MR) is 47.3 cm³/mol. The van der Waals surface area contributed by atoms with Crippen LogP contribution in [-0.2, 0) is 0 Å². The van der Waals surface area contributed by atoms with Crippen molar-refractivity contribution < 1.29 is 0 Å². The molecule has 0 fully saturated rings. The zero-order valence-corrected chi connectivity index (χ0v) is 13.4. The van der Waals surface area contributed by atoms with Crippen LogP contribution < -0.4 is 5.30 Å². The Balaban J connectivity index is 0. The normalized spacial score (nSPS) is 6.78. The van der Waals surface area contributed by atoms with Crippen molar-refractivity contribution in [1.29, 1.82) is 0 Å². The standard InChI is InChI=1S/C6H7P.2K/c7-6-4-2-1-3-5-6;;/h1-5H,7H2;;. The monoisotopic (exact) mass is 188 g/mol. The van der Waals surface area contributed by atoms with Gasteiger partial charge in [0.05, 0.1) is 0 Å². The van der Waals surface area contributed by atoms with Gasteiger partial charge in [-0.1, -0.05) is 30.3 Å². The quantitative estimate of drug-likeness (QED) is 0.409. The fraction of sp³-hybridized carbons (Fsp3) is 0. The van der Waals surface area contributed by atoms with Crippen LogP contribution in [0.1, 0.15) is 0 Å². The summed E-state index contributed by atoms with van der Waals surface area (Å²) in [6.07, 6.45) is 0. The van der Waals surface area contributed by atoms with Gasteiger partial charge in [0, 0.05) is 103 Å². The fourth-order valence-electron chi connectivity index (χ4n) is 0.453. The largest absolute Gasteiger partial charge is 0.106 e. The van der Waals surface area contributed by atoms with Crippen molar-refractivity contribution in [2.45, 2.75) is 0 Å². The van der Waals surface area contributed by atoms with Gasteiger partial charge in [0.25, 0.3) is 0 Å². The van der Waals surface area contributed by atoms with E-state index in [1.54, 1.807) is 0 Å². The molecule has 1 aromatic rings. The molecule has 0 aliphatic heterocycles. The van der Waals surface area contributed by atoms with Gasteiger partial charge in [0.1, 0.15) is 0 Å². The van der Waals surface area contributed by atoms with Crippen molar-refractivity contribution in [3.05, 3.63) is 30.3 Å². The third-order valence-corrected chi connectivity index (χ3v) is 1.18. The molecule has 0 spiro atoms. The summed E-state index contributed by atoms with van der Waals surface area (Å²) in [5, 5.41) is 1.24. The first-order valence-electron chi connectivity index (χ1n) is 2.20. The maximum atomic E-state index is 2.63. The summed E-state index contributed by atoms with van der Waals surface area (Å²) in [6, 6.07) is 10.1. The van der Waals surface area contributed by atoms with E-state index in [1.807, 2.05) is 30.3 Å². The minimum absolute atomic E-state index is 0. The summed E-state index contributed by atoms with van der Waals surface area (Å²) < 4.78 is 0. The maximum Gasteiger partial charge on any atom is 0 e. The molecule has 0 nitrogen and oxygen atoms in total. The SMILES string of the molecule is Pc1ccccc1.[K].[K]. The molecule has 0 saturated carbocycles. The molecule has 0 saturated heterocycles. The van der Waals surface area contributed by atoms with Crippen LogP contribution in [0.25, 0.3) is 0 Å². The van der Waals surface area contributed by atoms with Gasteiger partial charge in [-0.15, -0.1) is 9.24 Å². The average molecular weight is 188 g/mol. The Kier molecular flexibility index (Phi) is 14.5. The third-order valence-electron chi connectivity index (χ3n) is 0.800. The first kappa shape index (κ1) is 14.4. The molecular formula is C6H7K2P. The van der Waals surface area contributed by atoms with E-state index in [0.717, 1.165) is 0 Å². The minimum Gasteiger partial charge on any atom is -0.106 e. The molecule has 1 aromatic carbocycles. The van der Waals surface area contributed by atoms with Crippen LogP contribution in [0.4, 0.5) is 0 Å². The number of rotatable bonds is 0. The molecule has 0 aromatic heterocycles. The zero-order chi connectivity index (χ0) is 5.11. The topological polar surface area (TPSA) is 0 Å². The fourth-order valence-corrected chi connectivity index (χ4v) is 0.675.